The van der Waals surface area contributed by atoms with E-state index in [1.165, 1.54) is 19.3 Å². The number of piperidine rings is 2. The molecule has 18 heavy (non-hydrogen) atoms. The topological polar surface area (TPSA) is 44.4 Å². The number of nitrogens with zero attached hydrogens (tertiary/aromatic N) is 1. The molecule has 2 atom stereocenters. The van der Waals surface area contributed by atoms with Crippen LogP contribution in [-0.4, -0.2) is 48.6 Å². The first-order valence-electron chi connectivity index (χ1n) is 7.31. The van der Waals surface area contributed by atoms with Gasteiger partial charge in [-0.25, -0.2) is 0 Å². The van der Waals surface area contributed by atoms with Gasteiger partial charge in [-0.2, -0.15) is 0 Å². The molecule has 2 saturated heterocycles. The maximum atomic E-state index is 11.8. The third-order valence-electron chi connectivity index (χ3n) is 4.38. The fraction of sp³-hybridized carbons (Fsp3) is 0.929. The van der Waals surface area contributed by atoms with Crippen LogP contribution < -0.4 is 10.6 Å². The molecule has 2 heterocycles. The number of hydrogen-bond acceptors (Lipinski definition) is 3. The predicted octanol–water partition coefficient (Wildman–Crippen LogP) is 1.12. The third-order valence-corrected chi connectivity index (χ3v) is 4.38. The van der Waals surface area contributed by atoms with Gasteiger partial charge in [-0.15, -0.1) is 0 Å². The van der Waals surface area contributed by atoms with Crippen LogP contribution in [0.2, 0.25) is 0 Å². The first kappa shape index (κ1) is 13.8. The number of nitrogens with one attached hydrogen (secondary N) is 2. The molecule has 0 saturated carbocycles. The van der Waals surface area contributed by atoms with Crippen molar-refractivity contribution in [2.24, 2.45) is 0 Å². The molecule has 0 aromatic heterocycles. The van der Waals surface area contributed by atoms with Crippen molar-refractivity contribution in [2.75, 3.05) is 13.6 Å². The van der Waals surface area contributed by atoms with Crippen molar-refractivity contribution in [1.82, 2.24) is 15.5 Å². The van der Waals surface area contributed by atoms with Crippen molar-refractivity contribution in [3.8, 4) is 0 Å². The van der Waals surface area contributed by atoms with Crippen molar-refractivity contribution < 1.29 is 4.79 Å². The van der Waals surface area contributed by atoms with Gasteiger partial charge < -0.3 is 15.5 Å². The highest BCUT2D eigenvalue weighted by molar-refractivity contribution is 5.78. The Kier molecular flexibility index (Phi) is 4.62. The lowest BCUT2D eigenvalue weighted by Gasteiger charge is -2.47. The number of hydrogen-bond donors (Lipinski definition) is 2. The summed E-state index contributed by atoms with van der Waals surface area (Å²) in [5.74, 6) is 0.149. The van der Waals surface area contributed by atoms with Crippen molar-refractivity contribution in [1.29, 1.82) is 0 Å². The zero-order valence-corrected chi connectivity index (χ0v) is 11.9. The Morgan fingerprint density at radius 3 is 2.44 bits per heavy atom. The normalized spacial score (nSPS) is 32.6. The van der Waals surface area contributed by atoms with Gasteiger partial charge in [0.15, 0.2) is 0 Å². The smallest absolute Gasteiger partial charge is 0.234 e. The van der Waals surface area contributed by atoms with Gasteiger partial charge in [0.25, 0.3) is 0 Å². The second kappa shape index (κ2) is 6.02. The Hall–Kier alpha value is -0.610. The van der Waals surface area contributed by atoms with Crippen molar-refractivity contribution in [3.05, 3.63) is 0 Å². The van der Waals surface area contributed by atoms with Gasteiger partial charge in [0.1, 0.15) is 0 Å². The summed E-state index contributed by atoms with van der Waals surface area (Å²) in [6.45, 7) is 4.57. The van der Waals surface area contributed by atoms with Gasteiger partial charge in [-0.05, 0) is 32.7 Å². The Balaban J connectivity index is 1.79. The molecule has 4 nitrogen and oxygen atoms in total. The first-order valence-corrected chi connectivity index (χ1v) is 7.31. The summed E-state index contributed by atoms with van der Waals surface area (Å²) < 4.78 is 0. The SMILES string of the molecule is CC(C)NCC(=O)NC1CC2CCCC(C1)N2C. The van der Waals surface area contributed by atoms with E-state index in [-0.39, 0.29) is 5.91 Å². The summed E-state index contributed by atoms with van der Waals surface area (Å²) in [6, 6.07) is 2.12. The Morgan fingerprint density at radius 2 is 1.89 bits per heavy atom. The van der Waals surface area contributed by atoms with E-state index in [4.69, 9.17) is 0 Å². The molecular formula is C14H27N3O. The van der Waals surface area contributed by atoms with E-state index in [0.29, 0.717) is 30.7 Å². The average Bonchev–Trinajstić information content (AvgIpc) is 2.28. The molecular weight excluding hydrogens is 226 g/mol. The summed E-state index contributed by atoms with van der Waals surface area (Å²) in [4.78, 5) is 14.4. The highest BCUT2D eigenvalue weighted by atomic mass is 16.2. The molecule has 1 amide bonds. The zero-order chi connectivity index (χ0) is 13.1. The molecule has 2 aliphatic heterocycles. The van der Waals surface area contributed by atoms with Crippen LogP contribution in [0.4, 0.5) is 0 Å². The maximum Gasteiger partial charge on any atom is 0.234 e. The van der Waals surface area contributed by atoms with Crippen molar-refractivity contribution >= 4 is 5.91 Å². The van der Waals surface area contributed by atoms with Crippen molar-refractivity contribution in [2.45, 2.75) is 70.1 Å². The molecule has 104 valence electrons. The molecule has 0 aromatic carbocycles. The molecule has 0 radical (unpaired) electrons. The van der Waals surface area contributed by atoms with Gasteiger partial charge >= 0.3 is 0 Å². The van der Waals surface area contributed by atoms with Gasteiger partial charge in [0.2, 0.25) is 5.91 Å². The Morgan fingerprint density at radius 1 is 1.28 bits per heavy atom. The Bertz CT molecular complexity index is 279. The van der Waals surface area contributed by atoms with Crippen molar-refractivity contribution in [3.63, 3.8) is 0 Å². The van der Waals surface area contributed by atoms with Crippen LogP contribution in [0.5, 0.6) is 0 Å². The largest absolute Gasteiger partial charge is 0.352 e. The summed E-state index contributed by atoms with van der Waals surface area (Å²) >= 11 is 0. The second-order valence-corrected chi connectivity index (χ2v) is 6.18. The highest BCUT2D eigenvalue weighted by Crippen LogP contribution is 2.32. The van der Waals surface area contributed by atoms with Crippen LogP contribution >= 0.6 is 0 Å². The summed E-state index contributed by atoms with van der Waals surface area (Å²) in [5, 5.41) is 6.37. The van der Waals surface area contributed by atoms with Crippen LogP contribution in [-0.2, 0) is 4.79 Å². The van der Waals surface area contributed by atoms with Crippen LogP contribution in [0.15, 0.2) is 0 Å². The van der Waals surface area contributed by atoms with E-state index in [1.54, 1.807) is 0 Å². The lowest BCUT2D eigenvalue weighted by Crippen LogP contribution is -2.56. The van der Waals surface area contributed by atoms with Crippen LogP contribution in [0.25, 0.3) is 0 Å². The maximum absolute atomic E-state index is 11.8. The third kappa shape index (κ3) is 3.45. The van der Waals surface area contributed by atoms with Gasteiger partial charge in [-0.1, -0.05) is 20.3 Å². The number of amides is 1. The van der Waals surface area contributed by atoms with Gasteiger partial charge in [0, 0.05) is 24.2 Å². The molecule has 2 N–H and O–H groups in total. The lowest BCUT2D eigenvalue weighted by atomic mass is 9.82. The quantitative estimate of drug-likeness (QED) is 0.789. The molecule has 0 aliphatic carbocycles. The lowest BCUT2D eigenvalue weighted by molar-refractivity contribution is -0.121. The Labute approximate surface area is 110 Å². The minimum atomic E-state index is 0.149. The van der Waals surface area contributed by atoms with Crippen LogP contribution in [0.3, 0.4) is 0 Å². The minimum Gasteiger partial charge on any atom is -0.352 e. The standard InChI is InChI=1S/C14H27N3O/c1-10(2)15-9-14(18)16-11-7-12-5-4-6-13(8-11)17(12)3/h10-13,15H,4-9H2,1-3H3,(H,16,18). The summed E-state index contributed by atoms with van der Waals surface area (Å²) in [7, 11) is 2.24. The fourth-order valence-corrected chi connectivity index (χ4v) is 3.31. The van der Waals surface area contributed by atoms with Crippen LogP contribution in [0.1, 0.15) is 46.0 Å². The van der Waals surface area contributed by atoms with E-state index in [1.807, 2.05) is 0 Å². The van der Waals surface area contributed by atoms with Gasteiger partial charge in [0.05, 0.1) is 6.54 Å². The molecule has 2 unspecified atom stereocenters. The second-order valence-electron chi connectivity index (χ2n) is 6.18. The minimum absolute atomic E-state index is 0.149. The highest BCUT2D eigenvalue weighted by Gasteiger charge is 2.36. The van der Waals surface area contributed by atoms with E-state index in [2.05, 4.69) is 36.4 Å². The van der Waals surface area contributed by atoms with E-state index < -0.39 is 0 Å². The number of fused-ring (bicyclic) bond motifs is 2. The van der Waals surface area contributed by atoms with Gasteiger partial charge in [-0.3, -0.25) is 4.79 Å². The number of carbonyl (C=O) groups is 1. The molecule has 2 rings (SSSR count). The molecule has 0 spiro atoms. The molecule has 0 aromatic rings. The van der Waals surface area contributed by atoms with E-state index in [9.17, 15) is 4.79 Å². The molecule has 4 heteroatoms. The van der Waals surface area contributed by atoms with Crippen LogP contribution in [0, 0.1) is 0 Å². The van der Waals surface area contributed by atoms with E-state index in [0.717, 1.165) is 12.8 Å². The average molecular weight is 253 g/mol. The molecule has 2 fully saturated rings. The summed E-state index contributed by atoms with van der Waals surface area (Å²) in [5.41, 5.74) is 0. The number of carbonyl (C=O) groups excluding carboxylic acids is 1. The fourth-order valence-electron chi connectivity index (χ4n) is 3.31. The first-order chi connectivity index (χ1) is 8.56. The predicted molar refractivity (Wildman–Crippen MR) is 73.5 cm³/mol. The number of rotatable bonds is 4. The zero-order valence-electron chi connectivity index (χ0n) is 11.9. The molecule has 2 bridgehead atoms. The summed E-state index contributed by atoms with van der Waals surface area (Å²) in [6.07, 6.45) is 6.20. The monoisotopic (exact) mass is 253 g/mol. The van der Waals surface area contributed by atoms with E-state index >= 15 is 0 Å². The molecule has 2 aliphatic rings.